The highest BCUT2D eigenvalue weighted by molar-refractivity contribution is 6.22. The Morgan fingerprint density at radius 3 is 1.45 bits per heavy atom. The average molecular weight is 640 g/mol. The summed E-state index contributed by atoms with van der Waals surface area (Å²) >= 11 is 0. The van der Waals surface area contributed by atoms with E-state index in [0.717, 1.165) is 21.9 Å². The molecule has 0 atom stereocenters. The lowest BCUT2D eigenvalue weighted by atomic mass is 9.85. The van der Waals surface area contributed by atoms with Crippen molar-refractivity contribution >= 4 is 54.3 Å². The Kier molecular flexibility index (Phi) is 3.54. The smallest absolute Gasteiger partial charge is 0.136 e. The molecule has 0 spiro atoms. The van der Waals surface area contributed by atoms with Gasteiger partial charge in [0.2, 0.25) is 0 Å². The van der Waals surface area contributed by atoms with E-state index in [9.17, 15) is 9.60 Å². The number of rotatable bonds is 4. The Morgan fingerprint density at radius 2 is 0.857 bits per heavy atom. The van der Waals surface area contributed by atoms with Gasteiger partial charge in [-0.2, -0.15) is 0 Å². The van der Waals surface area contributed by atoms with E-state index >= 15 is 0 Å². The molecule has 9 aromatic carbocycles. The third kappa shape index (κ3) is 4.40. The van der Waals surface area contributed by atoms with Gasteiger partial charge in [-0.25, -0.2) is 0 Å². The van der Waals surface area contributed by atoms with Crippen molar-refractivity contribution in [3.63, 3.8) is 0 Å². The molecule has 0 saturated heterocycles. The first-order valence-electron chi connectivity index (χ1n) is 24.0. The zero-order valence-corrected chi connectivity index (χ0v) is 25.4. The maximum Gasteiger partial charge on any atom is 0.136 e. The quantitative estimate of drug-likeness (QED) is 0.175. The van der Waals surface area contributed by atoms with Gasteiger partial charge in [-0.15, -0.1) is 0 Å². The van der Waals surface area contributed by atoms with E-state index in [-0.39, 0.29) is 21.7 Å². The van der Waals surface area contributed by atoms with Crippen LogP contribution in [0.2, 0.25) is 0 Å². The Balaban J connectivity index is 1.36. The van der Waals surface area contributed by atoms with Crippen LogP contribution in [-0.4, -0.2) is 0 Å². The highest BCUT2D eigenvalue weighted by atomic mass is 16.3. The lowest BCUT2D eigenvalue weighted by Gasteiger charge is -2.18. The second-order valence-electron chi connectivity index (χ2n) is 11.5. The van der Waals surface area contributed by atoms with Crippen molar-refractivity contribution in [3.8, 4) is 44.5 Å². The van der Waals surface area contributed by atoms with Crippen LogP contribution in [0.5, 0.6) is 0 Å². The molecule has 49 heavy (non-hydrogen) atoms. The lowest BCUT2D eigenvalue weighted by Crippen LogP contribution is -1.91. The van der Waals surface area contributed by atoms with Gasteiger partial charge in [0.15, 0.2) is 0 Å². The summed E-state index contributed by atoms with van der Waals surface area (Å²) in [4.78, 5) is 0. The summed E-state index contributed by atoms with van der Waals surface area (Å²) in [7, 11) is 0. The summed E-state index contributed by atoms with van der Waals surface area (Å²) < 4.78 is 160. The van der Waals surface area contributed by atoms with Gasteiger partial charge in [0.25, 0.3) is 0 Å². The fourth-order valence-corrected chi connectivity index (χ4v) is 6.70. The van der Waals surface area contributed by atoms with Gasteiger partial charge in [0.05, 0.1) is 23.3 Å². The molecule has 0 bridgehead atoms. The van der Waals surface area contributed by atoms with Gasteiger partial charge in [0, 0.05) is 10.8 Å². The second kappa shape index (κ2) is 11.1. The normalized spacial score (nSPS) is 16.5. The lowest BCUT2D eigenvalue weighted by molar-refractivity contribution is 0.669. The topological polar surface area (TPSA) is 13.1 Å². The van der Waals surface area contributed by atoms with E-state index in [1.807, 2.05) is 78.9 Å². The van der Waals surface area contributed by atoms with Gasteiger partial charge in [0.1, 0.15) is 11.2 Å². The maximum absolute atomic E-state index is 9.76. The summed E-state index contributed by atoms with van der Waals surface area (Å²) in [6.45, 7) is 0. The fourth-order valence-electron chi connectivity index (χ4n) is 6.70. The molecular weight excluding hydrogens is 593 g/mol. The van der Waals surface area contributed by atoms with Crippen molar-refractivity contribution in [2.75, 3.05) is 0 Å². The molecular formula is C48H30O. The molecule has 10 aromatic rings. The van der Waals surface area contributed by atoms with Gasteiger partial charge < -0.3 is 4.42 Å². The van der Waals surface area contributed by atoms with E-state index in [0.29, 0.717) is 16.3 Å². The number of furan rings is 1. The summed E-state index contributed by atoms with van der Waals surface area (Å²) in [5.41, 5.74) is -0.911. The summed E-state index contributed by atoms with van der Waals surface area (Å²) in [5.74, 6) is 0. The summed E-state index contributed by atoms with van der Waals surface area (Å²) in [5, 5.41) is 1.42. The van der Waals surface area contributed by atoms with E-state index in [1.54, 1.807) is 0 Å². The molecule has 0 aliphatic rings. The molecule has 1 heterocycles. The molecule has 1 aromatic heterocycles. The molecule has 0 aliphatic heterocycles. The first-order valence-corrected chi connectivity index (χ1v) is 15.5. The number of hydrogen-bond acceptors (Lipinski definition) is 1. The monoisotopic (exact) mass is 639 g/mol. The molecule has 0 N–H and O–H groups in total. The van der Waals surface area contributed by atoms with Crippen LogP contribution < -0.4 is 0 Å². The minimum Gasteiger partial charge on any atom is -0.456 e. The molecule has 1 nitrogen and oxygen atoms in total. The fraction of sp³-hybridized carbons (Fsp3) is 0. The van der Waals surface area contributed by atoms with Crippen molar-refractivity contribution in [3.05, 3.63) is 182 Å². The molecule has 1 heteroatoms. The average Bonchev–Trinajstić information content (AvgIpc) is 3.71. The predicted octanol–water partition coefficient (Wildman–Crippen LogP) is 13.7. The molecule has 0 saturated carbocycles. The van der Waals surface area contributed by atoms with Crippen LogP contribution in [0, 0.1) is 0 Å². The first-order chi connectivity index (χ1) is 31.4. The number of hydrogen-bond donors (Lipinski definition) is 0. The van der Waals surface area contributed by atoms with Crippen LogP contribution in [0.1, 0.15) is 23.3 Å². The van der Waals surface area contributed by atoms with E-state index < -0.39 is 142 Å². The van der Waals surface area contributed by atoms with Crippen molar-refractivity contribution in [1.29, 1.82) is 0 Å². The first kappa shape index (κ1) is 15.6. The van der Waals surface area contributed by atoms with Gasteiger partial charge >= 0.3 is 0 Å². The molecule has 0 unspecified atom stereocenters. The second-order valence-corrected chi connectivity index (χ2v) is 11.5. The zero-order valence-electron chi connectivity index (χ0n) is 42.4. The Labute approximate surface area is 308 Å². The third-order valence-corrected chi connectivity index (χ3v) is 8.75. The minimum atomic E-state index is -0.785. The van der Waals surface area contributed by atoms with Crippen molar-refractivity contribution in [2.24, 2.45) is 0 Å². The Morgan fingerprint density at radius 1 is 0.367 bits per heavy atom. The van der Waals surface area contributed by atoms with Crippen LogP contribution in [0.25, 0.3) is 98.8 Å². The predicted molar refractivity (Wildman–Crippen MR) is 208 cm³/mol. The molecule has 0 fully saturated rings. The van der Waals surface area contributed by atoms with Gasteiger partial charge in [-0.05, 0) is 101 Å². The Hall–Kier alpha value is -6.44. The van der Waals surface area contributed by atoms with Crippen LogP contribution in [0.15, 0.2) is 186 Å². The zero-order chi connectivity index (χ0) is 47.1. The largest absolute Gasteiger partial charge is 0.456 e. The highest BCUT2D eigenvalue weighted by Crippen LogP contribution is 2.45. The number of benzene rings is 9. The number of fused-ring (bicyclic) bond motifs is 6. The summed E-state index contributed by atoms with van der Waals surface area (Å²) in [6, 6.07) is 12.7. The van der Waals surface area contributed by atoms with Crippen LogP contribution >= 0.6 is 0 Å². The SMILES string of the molecule is [2H]c1c([2H])c([2H])c(-c2c([2H])c([2H])c([2H])c3oc4c([2H])c([2H])c([2H])c(-c5c([2H])c([2H])c6c([2H])c(-c7c8ccccc8c(-c8ccccc8)c8ccccc78)c([2H])c([2H])c6c5[2H])c4c23)c([2H])c1[2H]. The van der Waals surface area contributed by atoms with E-state index in [1.165, 1.54) is 0 Å². The molecule has 0 amide bonds. The Bertz CT molecular complexity index is 3760. The van der Waals surface area contributed by atoms with Crippen LogP contribution in [0.4, 0.5) is 0 Å². The minimum absolute atomic E-state index is 0.0172. The molecule has 0 aliphatic carbocycles. The van der Waals surface area contributed by atoms with Gasteiger partial charge in [-0.3, -0.25) is 0 Å². The van der Waals surface area contributed by atoms with Crippen LogP contribution in [0.3, 0.4) is 0 Å². The van der Waals surface area contributed by atoms with Crippen molar-refractivity contribution in [2.45, 2.75) is 0 Å². The van der Waals surface area contributed by atoms with E-state index in [4.69, 9.17) is 18.1 Å². The molecule has 228 valence electrons. The van der Waals surface area contributed by atoms with Crippen LogP contribution in [-0.2, 0) is 0 Å². The van der Waals surface area contributed by atoms with Gasteiger partial charge in [-0.1, -0.05) is 157 Å². The van der Waals surface area contributed by atoms with E-state index in [2.05, 4.69) is 0 Å². The summed E-state index contributed by atoms with van der Waals surface area (Å²) in [6.07, 6.45) is 0. The van der Waals surface area contributed by atoms with Crippen molar-refractivity contribution in [1.82, 2.24) is 0 Å². The standard InChI is InChI=1S/C48H30O/c1-3-13-31(14-4-1)37-21-11-23-43-47(37)48-38(22-12-24-44(48)49-43)35-27-25-34-30-36(28-26-33(34)29-35)46-41-19-9-7-17-39(41)45(32-15-5-2-6-16-32)40-18-8-10-20-42(40)46/h1-30H/i1D,3D,4D,11D,12D,13D,14D,21D,22D,23D,24D,25D,26D,27D,28D,29D,30D. The van der Waals surface area contributed by atoms with Crippen molar-refractivity contribution < 1.29 is 27.7 Å². The maximum atomic E-state index is 9.76. The molecule has 0 radical (unpaired) electrons. The highest BCUT2D eigenvalue weighted by Gasteiger charge is 2.18. The molecule has 10 rings (SSSR count). The third-order valence-electron chi connectivity index (χ3n) is 8.75.